The Bertz CT molecular complexity index is 653. The predicted molar refractivity (Wildman–Crippen MR) is 76.8 cm³/mol. The van der Waals surface area contributed by atoms with Gasteiger partial charge in [-0.3, -0.25) is 14.6 Å². The average Bonchev–Trinajstić information content (AvgIpc) is 3.11. The summed E-state index contributed by atoms with van der Waals surface area (Å²) in [5.41, 5.74) is 0.417. The first-order chi connectivity index (χ1) is 11.1. The minimum atomic E-state index is -0.636. The summed E-state index contributed by atoms with van der Waals surface area (Å²) in [6.45, 7) is 0.875. The summed E-state index contributed by atoms with van der Waals surface area (Å²) in [5, 5.41) is 2.43. The molecule has 2 aliphatic rings. The summed E-state index contributed by atoms with van der Waals surface area (Å²) in [7, 11) is 0. The van der Waals surface area contributed by atoms with Crippen molar-refractivity contribution < 1.29 is 28.2 Å². The lowest BCUT2D eigenvalue weighted by Crippen LogP contribution is -2.30. The molecule has 2 saturated heterocycles. The molecule has 0 radical (unpaired) electrons. The van der Waals surface area contributed by atoms with Gasteiger partial charge in [0.15, 0.2) is 0 Å². The molecule has 122 valence electrons. The largest absolute Gasteiger partial charge is 0.447 e. The van der Waals surface area contributed by atoms with Crippen LogP contribution in [0.2, 0.25) is 0 Å². The second kappa shape index (κ2) is 6.11. The quantitative estimate of drug-likeness (QED) is 0.812. The van der Waals surface area contributed by atoms with Gasteiger partial charge in [0.2, 0.25) is 6.41 Å². The molecule has 2 heterocycles. The molecular formula is C14H14FN3O5. The Kier molecular flexibility index (Phi) is 4.00. The van der Waals surface area contributed by atoms with Crippen LogP contribution in [0.5, 0.6) is 0 Å². The Morgan fingerprint density at radius 3 is 2.78 bits per heavy atom. The van der Waals surface area contributed by atoms with Crippen molar-refractivity contribution in [2.24, 2.45) is 0 Å². The maximum absolute atomic E-state index is 14.3. The number of hydrogen-bond donors (Lipinski definition) is 1. The van der Waals surface area contributed by atoms with Gasteiger partial charge in [0, 0.05) is 0 Å². The number of carbonyl (C=O) groups is 3. The van der Waals surface area contributed by atoms with Gasteiger partial charge < -0.3 is 14.8 Å². The number of ether oxygens (including phenoxy) is 2. The van der Waals surface area contributed by atoms with Crippen LogP contribution < -0.4 is 15.1 Å². The molecule has 1 unspecified atom stereocenters. The van der Waals surface area contributed by atoms with Gasteiger partial charge in [-0.15, -0.1) is 0 Å². The van der Waals surface area contributed by atoms with E-state index in [0.29, 0.717) is 12.1 Å². The fraction of sp³-hybridized carbons (Fsp3) is 0.357. The number of nitrogens with one attached hydrogen (secondary N) is 1. The summed E-state index contributed by atoms with van der Waals surface area (Å²) >= 11 is 0. The molecule has 1 aromatic carbocycles. The molecule has 0 saturated carbocycles. The molecule has 1 aromatic rings. The highest BCUT2D eigenvalue weighted by molar-refractivity contribution is 5.92. The lowest BCUT2D eigenvalue weighted by Gasteiger charge is -2.17. The number of rotatable bonds is 5. The standard InChI is InChI=1S/C14H14FN3O5/c15-11-5-9(1-2-12(11)17-3-4-22-13(17)20)18-7-10(6-16-8-19)23-14(18)21/h1-2,5,8,10H,3-4,6-7H2,(H,16,19). The third-order valence-electron chi connectivity index (χ3n) is 3.60. The third kappa shape index (κ3) is 2.89. The summed E-state index contributed by atoms with van der Waals surface area (Å²) in [5.74, 6) is -0.636. The van der Waals surface area contributed by atoms with E-state index >= 15 is 0 Å². The van der Waals surface area contributed by atoms with Crippen LogP contribution in [0.4, 0.5) is 25.4 Å². The predicted octanol–water partition coefficient (Wildman–Crippen LogP) is 0.853. The van der Waals surface area contributed by atoms with Crippen molar-refractivity contribution in [1.82, 2.24) is 5.32 Å². The Labute approximate surface area is 130 Å². The molecule has 0 aromatic heterocycles. The zero-order valence-electron chi connectivity index (χ0n) is 12.0. The molecule has 23 heavy (non-hydrogen) atoms. The summed E-state index contributed by atoms with van der Waals surface area (Å²) < 4.78 is 24.1. The highest BCUT2D eigenvalue weighted by Gasteiger charge is 2.33. The molecule has 1 atom stereocenters. The topological polar surface area (TPSA) is 88.2 Å². The van der Waals surface area contributed by atoms with E-state index in [1.807, 2.05) is 0 Å². The second-order valence-electron chi connectivity index (χ2n) is 5.04. The highest BCUT2D eigenvalue weighted by atomic mass is 19.1. The Morgan fingerprint density at radius 2 is 2.13 bits per heavy atom. The highest BCUT2D eigenvalue weighted by Crippen LogP contribution is 2.29. The van der Waals surface area contributed by atoms with Crippen LogP contribution >= 0.6 is 0 Å². The van der Waals surface area contributed by atoms with Gasteiger partial charge >= 0.3 is 12.2 Å². The van der Waals surface area contributed by atoms with Gasteiger partial charge in [-0.1, -0.05) is 0 Å². The van der Waals surface area contributed by atoms with Gasteiger partial charge in [-0.2, -0.15) is 0 Å². The molecule has 2 fully saturated rings. The molecule has 2 aliphatic heterocycles. The second-order valence-corrected chi connectivity index (χ2v) is 5.04. The van der Waals surface area contributed by atoms with Crippen LogP contribution in [-0.4, -0.2) is 50.9 Å². The van der Waals surface area contributed by atoms with Gasteiger partial charge in [0.1, 0.15) is 18.5 Å². The fourth-order valence-electron chi connectivity index (χ4n) is 2.51. The normalized spacial score (nSPS) is 20.5. The summed E-state index contributed by atoms with van der Waals surface area (Å²) in [4.78, 5) is 36.0. The fourth-order valence-corrected chi connectivity index (χ4v) is 2.51. The number of hydrogen-bond acceptors (Lipinski definition) is 5. The number of anilines is 2. The van der Waals surface area contributed by atoms with Crippen LogP contribution in [0, 0.1) is 5.82 Å². The van der Waals surface area contributed by atoms with E-state index in [2.05, 4.69) is 5.32 Å². The zero-order valence-corrected chi connectivity index (χ0v) is 12.0. The Balaban J connectivity index is 1.76. The third-order valence-corrected chi connectivity index (χ3v) is 3.60. The summed E-state index contributed by atoms with van der Waals surface area (Å²) in [6.07, 6.45) is -1.20. The van der Waals surface area contributed by atoms with E-state index in [-0.39, 0.29) is 31.9 Å². The van der Waals surface area contributed by atoms with Crippen LogP contribution in [0.25, 0.3) is 0 Å². The van der Waals surface area contributed by atoms with E-state index in [9.17, 15) is 18.8 Å². The first kappa shape index (κ1) is 15.1. The first-order valence-electron chi connectivity index (χ1n) is 6.99. The summed E-state index contributed by atoms with van der Waals surface area (Å²) in [6, 6.07) is 4.11. The number of benzene rings is 1. The van der Waals surface area contributed by atoms with Gasteiger partial charge in [0.25, 0.3) is 0 Å². The molecule has 3 amide bonds. The zero-order chi connectivity index (χ0) is 16.4. The smallest absolute Gasteiger partial charge is 0.414 e. The van der Waals surface area contributed by atoms with Crippen molar-refractivity contribution >= 4 is 30.0 Å². The van der Waals surface area contributed by atoms with E-state index in [0.717, 1.165) is 6.07 Å². The average molecular weight is 323 g/mol. The van der Waals surface area contributed by atoms with Crippen molar-refractivity contribution in [2.75, 3.05) is 36.0 Å². The Hall–Kier alpha value is -2.84. The van der Waals surface area contributed by atoms with Crippen molar-refractivity contribution in [1.29, 1.82) is 0 Å². The van der Waals surface area contributed by atoms with Crippen LogP contribution in [0.1, 0.15) is 0 Å². The Morgan fingerprint density at radius 1 is 1.30 bits per heavy atom. The number of nitrogens with zero attached hydrogens (tertiary/aromatic N) is 2. The first-order valence-corrected chi connectivity index (χ1v) is 6.99. The lowest BCUT2D eigenvalue weighted by molar-refractivity contribution is -0.109. The van der Waals surface area contributed by atoms with E-state index < -0.39 is 24.1 Å². The van der Waals surface area contributed by atoms with E-state index in [1.165, 1.54) is 21.9 Å². The minimum Gasteiger partial charge on any atom is -0.447 e. The number of cyclic esters (lactones) is 2. The van der Waals surface area contributed by atoms with Crippen LogP contribution in [0.3, 0.4) is 0 Å². The number of amides is 3. The SMILES string of the molecule is O=CNCC1CN(c2ccc(N3CCOC3=O)c(F)c2)C(=O)O1. The molecule has 1 N–H and O–H groups in total. The molecule has 0 spiro atoms. The molecule has 0 bridgehead atoms. The molecule has 0 aliphatic carbocycles. The molecular weight excluding hydrogens is 309 g/mol. The van der Waals surface area contributed by atoms with Gasteiger partial charge in [-0.25, -0.2) is 14.0 Å². The van der Waals surface area contributed by atoms with Crippen LogP contribution in [0.15, 0.2) is 18.2 Å². The maximum atomic E-state index is 14.3. The van der Waals surface area contributed by atoms with Crippen molar-refractivity contribution in [3.63, 3.8) is 0 Å². The van der Waals surface area contributed by atoms with E-state index in [4.69, 9.17) is 9.47 Å². The van der Waals surface area contributed by atoms with Crippen molar-refractivity contribution in [2.45, 2.75) is 6.10 Å². The van der Waals surface area contributed by atoms with Crippen molar-refractivity contribution in [3.8, 4) is 0 Å². The molecule has 3 rings (SSSR count). The lowest BCUT2D eigenvalue weighted by atomic mass is 10.2. The monoisotopic (exact) mass is 323 g/mol. The van der Waals surface area contributed by atoms with Crippen molar-refractivity contribution in [3.05, 3.63) is 24.0 Å². The van der Waals surface area contributed by atoms with Gasteiger partial charge in [0.05, 0.1) is 31.0 Å². The molecule has 8 nitrogen and oxygen atoms in total. The van der Waals surface area contributed by atoms with E-state index in [1.54, 1.807) is 0 Å². The molecule has 9 heteroatoms. The minimum absolute atomic E-state index is 0.1000. The maximum Gasteiger partial charge on any atom is 0.414 e. The number of halogens is 1. The van der Waals surface area contributed by atoms with Gasteiger partial charge in [-0.05, 0) is 18.2 Å². The van der Waals surface area contributed by atoms with Crippen LogP contribution in [-0.2, 0) is 14.3 Å². The number of carbonyl (C=O) groups excluding carboxylic acids is 3.